The molecule has 0 saturated carbocycles. The van der Waals surface area contributed by atoms with Gasteiger partial charge in [0.1, 0.15) is 34.6 Å². The van der Waals surface area contributed by atoms with E-state index in [9.17, 15) is 19.5 Å². The Hall–Kier alpha value is -4.53. The van der Waals surface area contributed by atoms with Crippen LogP contribution in [0.3, 0.4) is 0 Å². The van der Waals surface area contributed by atoms with Gasteiger partial charge in [0.05, 0.1) is 32.5 Å². The van der Waals surface area contributed by atoms with E-state index in [1.165, 1.54) is 25.4 Å². The molecule has 0 aliphatic carbocycles. The molecule has 2 heterocycles. The number of carbonyl (C=O) groups excluding carboxylic acids is 2. The number of hydrogen-bond acceptors (Lipinski definition) is 7. The molecule has 1 atom stereocenters. The molecule has 2 N–H and O–H groups in total. The highest BCUT2D eigenvalue weighted by Gasteiger charge is 2.48. The second kappa shape index (κ2) is 9.14. The van der Waals surface area contributed by atoms with Gasteiger partial charge in [0.2, 0.25) is 0 Å². The van der Waals surface area contributed by atoms with Crippen LogP contribution >= 0.6 is 0 Å². The number of anilines is 1. The van der Waals surface area contributed by atoms with Gasteiger partial charge in [0, 0.05) is 5.69 Å². The molecular formula is C25H21NO8. The van der Waals surface area contributed by atoms with E-state index >= 15 is 0 Å². The van der Waals surface area contributed by atoms with E-state index in [2.05, 4.69) is 0 Å². The molecule has 2 aromatic carbocycles. The van der Waals surface area contributed by atoms with Crippen molar-refractivity contribution >= 4 is 29.1 Å². The van der Waals surface area contributed by atoms with Crippen molar-refractivity contribution in [3.63, 3.8) is 0 Å². The number of aliphatic hydroxyl groups is 1. The zero-order valence-corrected chi connectivity index (χ0v) is 18.3. The Morgan fingerprint density at radius 2 is 1.62 bits per heavy atom. The normalized spacial score (nSPS) is 17.1. The summed E-state index contributed by atoms with van der Waals surface area (Å²) < 4.78 is 16.3. The topological polar surface area (TPSA) is 127 Å². The number of carbonyl (C=O) groups is 3. The van der Waals surface area contributed by atoms with E-state index in [4.69, 9.17) is 19.0 Å². The molecule has 1 saturated heterocycles. The van der Waals surface area contributed by atoms with Gasteiger partial charge in [-0.2, -0.15) is 0 Å². The molecule has 0 radical (unpaired) electrons. The highest BCUT2D eigenvalue weighted by atomic mass is 16.5. The van der Waals surface area contributed by atoms with Crippen molar-refractivity contribution < 1.29 is 38.5 Å². The molecule has 4 rings (SSSR count). The predicted octanol–water partition coefficient (Wildman–Crippen LogP) is 3.55. The van der Waals surface area contributed by atoms with Gasteiger partial charge in [-0.25, -0.2) is 0 Å². The van der Waals surface area contributed by atoms with Crippen LogP contribution in [-0.4, -0.2) is 42.1 Å². The molecule has 0 spiro atoms. The number of aliphatic carboxylic acids is 1. The van der Waals surface area contributed by atoms with Crippen LogP contribution in [0.15, 0.2) is 70.9 Å². The Morgan fingerprint density at radius 1 is 0.971 bits per heavy atom. The molecule has 1 aromatic heterocycles. The molecule has 9 heteroatoms. The number of hydrogen-bond donors (Lipinski definition) is 2. The number of rotatable bonds is 7. The standard InChI is InChI=1S/C25H21NO8/c1-32-16-5-3-6-17(33-2)20(16)23(29)21-22(18-7-4-12-34-18)26(25(31)24(21)30)15-10-8-14(9-11-15)13-19(27)28/h3-12,22,29H,13H2,1-2H3,(H,27,28)/b23-21+. The average Bonchev–Trinajstić information content (AvgIpc) is 3.45. The summed E-state index contributed by atoms with van der Waals surface area (Å²) in [6.45, 7) is 0. The second-order valence-electron chi connectivity index (χ2n) is 7.46. The lowest BCUT2D eigenvalue weighted by atomic mass is 9.98. The molecule has 1 fully saturated rings. The second-order valence-corrected chi connectivity index (χ2v) is 7.46. The van der Waals surface area contributed by atoms with Crippen molar-refractivity contribution in [1.29, 1.82) is 0 Å². The highest BCUT2D eigenvalue weighted by molar-refractivity contribution is 6.51. The van der Waals surface area contributed by atoms with Crippen LogP contribution in [0.25, 0.3) is 5.76 Å². The molecule has 34 heavy (non-hydrogen) atoms. The monoisotopic (exact) mass is 463 g/mol. The van der Waals surface area contributed by atoms with Crippen molar-refractivity contribution in [2.24, 2.45) is 0 Å². The fourth-order valence-corrected chi connectivity index (χ4v) is 3.98. The van der Waals surface area contributed by atoms with Gasteiger partial charge in [-0.1, -0.05) is 18.2 Å². The molecule has 1 unspecified atom stereocenters. The largest absolute Gasteiger partial charge is 0.506 e. The minimum Gasteiger partial charge on any atom is -0.506 e. The van der Waals surface area contributed by atoms with E-state index in [1.54, 1.807) is 54.6 Å². The Kier molecular flexibility index (Phi) is 6.09. The zero-order chi connectivity index (χ0) is 24.4. The molecule has 0 bridgehead atoms. The molecule has 1 amide bonds. The summed E-state index contributed by atoms with van der Waals surface area (Å²) >= 11 is 0. The molecule has 3 aromatic rings. The first-order valence-electron chi connectivity index (χ1n) is 10.2. The fraction of sp³-hybridized carbons (Fsp3) is 0.160. The Balaban J connectivity index is 1.90. The van der Waals surface area contributed by atoms with Crippen LogP contribution in [0.5, 0.6) is 11.5 Å². The third kappa shape index (κ3) is 3.88. The predicted molar refractivity (Wildman–Crippen MR) is 121 cm³/mol. The van der Waals surface area contributed by atoms with Gasteiger partial charge in [-0.3, -0.25) is 19.3 Å². The lowest BCUT2D eigenvalue weighted by Crippen LogP contribution is -2.29. The van der Waals surface area contributed by atoms with Crippen molar-refractivity contribution in [2.75, 3.05) is 19.1 Å². The Labute approximate surface area is 194 Å². The van der Waals surface area contributed by atoms with E-state index in [-0.39, 0.29) is 34.8 Å². The molecule has 1 aliphatic heterocycles. The van der Waals surface area contributed by atoms with Crippen LogP contribution in [0.2, 0.25) is 0 Å². The van der Waals surface area contributed by atoms with Crippen LogP contribution in [-0.2, 0) is 20.8 Å². The van der Waals surface area contributed by atoms with Gasteiger partial charge in [0.25, 0.3) is 11.7 Å². The van der Waals surface area contributed by atoms with Gasteiger partial charge >= 0.3 is 5.97 Å². The van der Waals surface area contributed by atoms with Crippen molar-refractivity contribution in [2.45, 2.75) is 12.5 Å². The summed E-state index contributed by atoms with van der Waals surface area (Å²) in [6.07, 6.45) is 1.21. The summed E-state index contributed by atoms with van der Waals surface area (Å²) in [4.78, 5) is 38.6. The van der Waals surface area contributed by atoms with Crippen molar-refractivity contribution in [1.82, 2.24) is 0 Å². The SMILES string of the molecule is COc1cccc(OC)c1/C(O)=C1\C(=O)C(=O)N(c2ccc(CC(=O)O)cc2)C1c1ccco1. The third-order valence-corrected chi connectivity index (χ3v) is 5.49. The maximum atomic E-state index is 13.2. The number of benzene rings is 2. The van der Waals surface area contributed by atoms with E-state index in [0.717, 1.165) is 0 Å². The summed E-state index contributed by atoms with van der Waals surface area (Å²) in [7, 11) is 2.82. The minimum atomic E-state index is -1.07. The minimum absolute atomic E-state index is 0.124. The van der Waals surface area contributed by atoms with E-state index < -0.39 is 29.5 Å². The third-order valence-electron chi connectivity index (χ3n) is 5.49. The molecule has 1 aliphatic rings. The Morgan fingerprint density at radius 3 is 2.15 bits per heavy atom. The smallest absolute Gasteiger partial charge is 0.307 e. The van der Waals surface area contributed by atoms with E-state index in [0.29, 0.717) is 11.3 Å². The number of carboxylic acid groups (broad SMARTS) is 1. The lowest BCUT2D eigenvalue weighted by Gasteiger charge is -2.24. The fourth-order valence-electron chi connectivity index (χ4n) is 3.98. The molecule has 174 valence electrons. The number of ketones is 1. The Bertz CT molecular complexity index is 1250. The first-order chi connectivity index (χ1) is 16.4. The number of carboxylic acids is 1. The molecule has 9 nitrogen and oxygen atoms in total. The average molecular weight is 463 g/mol. The van der Waals surface area contributed by atoms with E-state index in [1.807, 2.05) is 0 Å². The highest BCUT2D eigenvalue weighted by Crippen LogP contribution is 2.45. The first-order valence-corrected chi connectivity index (χ1v) is 10.2. The van der Waals surface area contributed by atoms with Gasteiger partial charge in [-0.15, -0.1) is 0 Å². The van der Waals surface area contributed by atoms with Crippen molar-refractivity contribution in [3.05, 3.63) is 83.3 Å². The number of methoxy groups -OCH3 is 2. The van der Waals surface area contributed by atoms with Crippen LogP contribution in [0.1, 0.15) is 22.9 Å². The van der Waals surface area contributed by atoms with Crippen LogP contribution in [0, 0.1) is 0 Å². The molecular weight excluding hydrogens is 442 g/mol. The van der Waals surface area contributed by atoms with Crippen LogP contribution < -0.4 is 14.4 Å². The summed E-state index contributed by atoms with van der Waals surface area (Å²) in [6, 6.07) is 13.2. The number of aliphatic hydroxyl groups excluding tert-OH is 1. The quantitative estimate of drug-likeness (QED) is 0.309. The summed E-state index contributed by atoms with van der Waals surface area (Å²) in [5.41, 5.74) is 0.793. The van der Waals surface area contributed by atoms with Gasteiger partial charge < -0.3 is 24.1 Å². The lowest BCUT2D eigenvalue weighted by molar-refractivity contribution is -0.136. The number of furan rings is 1. The van der Waals surface area contributed by atoms with Gasteiger partial charge in [0.15, 0.2) is 0 Å². The first kappa shape index (κ1) is 22.7. The maximum absolute atomic E-state index is 13.2. The maximum Gasteiger partial charge on any atom is 0.307 e. The number of Topliss-reactive ketones (excluding diaryl/α,β-unsaturated/α-hetero) is 1. The summed E-state index contributed by atoms with van der Waals surface area (Å²) in [5, 5.41) is 20.3. The number of ether oxygens (including phenoxy) is 2. The van der Waals surface area contributed by atoms with Gasteiger partial charge in [-0.05, 0) is 42.0 Å². The summed E-state index contributed by atoms with van der Waals surface area (Å²) in [5.74, 6) is -2.50. The number of amides is 1. The number of nitrogens with zero attached hydrogens (tertiary/aromatic N) is 1. The zero-order valence-electron chi connectivity index (χ0n) is 18.3. The van der Waals surface area contributed by atoms with Crippen molar-refractivity contribution in [3.8, 4) is 11.5 Å². The van der Waals surface area contributed by atoms with Crippen LogP contribution in [0.4, 0.5) is 5.69 Å².